The van der Waals surface area contributed by atoms with Gasteiger partial charge in [0.05, 0.1) is 17.1 Å². The number of halogens is 2. The molecule has 1 atom stereocenters. The topological polar surface area (TPSA) is 35.2 Å². The highest BCUT2D eigenvalue weighted by Gasteiger charge is 2.13. The molecular formula is C15H15BrINO. The molecule has 0 radical (unpaired) electrons. The highest BCUT2D eigenvalue weighted by molar-refractivity contribution is 14.1. The van der Waals surface area contributed by atoms with E-state index in [1.165, 1.54) is 3.57 Å². The Morgan fingerprint density at radius 1 is 1.26 bits per heavy atom. The molecular weight excluding hydrogens is 417 g/mol. The summed E-state index contributed by atoms with van der Waals surface area (Å²) < 4.78 is 7.63. The van der Waals surface area contributed by atoms with Crippen molar-refractivity contribution in [3.8, 4) is 5.75 Å². The zero-order valence-electron chi connectivity index (χ0n) is 10.6. The van der Waals surface area contributed by atoms with E-state index in [0.29, 0.717) is 6.61 Å². The Balaban J connectivity index is 2.32. The van der Waals surface area contributed by atoms with Crippen LogP contribution in [0.1, 0.15) is 24.1 Å². The first kappa shape index (κ1) is 14.8. The molecule has 100 valence electrons. The Hall–Kier alpha value is -0.590. The molecule has 0 aliphatic heterocycles. The standard InChI is InChI=1S/C15H15BrINO/c1-2-19-14-8-7-10(9-12(14)16)15(18)11-5-3-4-6-13(11)17/h3-9,15H,2,18H2,1H3. The molecule has 2 aromatic rings. The van der Waals surface area contributed by atoms with E-state index in [4.69, 9.17) is 10.5 Å². The van der Waals surface area contributed by atoms with E-state index >= 15 is 0 Å². The number of hydrogen-bond acceptors (Lipinski definition) is 2. The SMILES string of the molecule is CCOc1ccc(C(N)c2ccccc2I)cc1Br. The zero-order valence-corrected chi connectivity index (χ0v) is 14.3. The fourth-order valence-electron chi connectivity index (χ4n) is 1.89. The van der Waals surface area contributed by atoms with E-state index in [0.717, 1.165) is 21.3 Å². The van der Waals surface area contributed by atoms with Gasteiger partial charge in [0.15, 0.2) is 0 Å². The highest BCUT2D eigenvalue weighted by atomic mass is 127. The maximum atomic E-state index is 6.34. The highest BCUT2D eigenvalue weighted by Crippen LogP contribution is 2.31. The Morgan fingerprint density at radius 2 is 2.00 bits per heavy atom. The van der Waals surface area contributed by atoms with Gasteiger partial charge in [0.2, 0.25) is 0 Å². The van der Waals surface area contributed by atoms with Crippen LogP contribution in [-0.2, 0) is 0 Å². The van der Waals surface area contributed by atoms with Gasteiger partial charge in [-0.3, -0.25) is 0 Å². The second-order valence-corrected chi connectivity index (χ2v) is 6.14. The first-order valence-electron chi connectivity index (χ1n) is 6.05. The Morgan fingerprint density at radius 3 is 2.63 bits per heavy atom. The first-order valence-corrected chi connectivity index (χ1v) is 7.93. The van der Waals surface area contributed by atoms with Crippen molar-refractivity contribution in [1.82, 2.24) is 0 Å². The lowest BCUT2D eigenvalue weighted by Gasteiger charge is -2.16. The van der Waals surface area contributed by atoms with Crippen molar-refractivity contribution in [3.05, 3.63) is 61.6 Å². The number of rotatable bonds is 4. The van der Waals surface area contributed by atoms with E-state index in [1.807, 2.05) is 37.3 Å². The van der Waals surface area contributed by atoms with Gasteiger partial charge in [-0.1, -0.05) is 24.3 Å². The average Bonchev–Trinajstić information content (AvgIpc) is 2.41. The molecule has 1 unspecified atom stereocenters. The summed E-state index contributed by atoms with van der Waals surface area (Å²) in [6, 6.07) is 14.0. The lowest BCUT2D eigenvalue weighted by Crippen LogP contribution is -2.13. The molecule has 0 aliphatic carbocycles. The predicted octanol–water partition coefficient (Wildman–Crippen LogP) is 4.50. The molecule has 0 amide bonds. The maximum absolute atomic E-state index is 6.34. The molecule has 0 bridgehead atoms. The summed E-state index contributed by atoms with van der Waals surface area (Å²) in [5, 5.41) is 0. The van der Waals surface area contributed by atoms with Gasteiger partial charge in [0.25, 0.3) is 0 Å². The minimum Gasteiger partial charge on any atom is -0.493 e. The van der Waals surface area contributed by atoms with E-state index < -0.39 is 0 Å². The Bertz CT molecular complexity index is 574. The van der Waals surface area contributed by atoms with Gasteiger partial charge in [-0.2, -0.15) is 0 Å². The van der Waals surface area contributed by atoms with Crippen LogP contribution in [0.3, 0.4) is 0 Å². The molecule has 2 nitrogen and oxygen atoms in total. The fourth-order valence-corrected chi connectivity index (χ4v) is 3.12. The molecule has 4 heteroatoms. The molecule has 0 saturated carbocycles. The summed E-state index contributed by atoms with van der Waals surface area (Å²) in [6.07, 6.45) is 0. The van der Waals surface area contributed by atoms with Crippen LogP contribution in [0.5, 0.6) is 5.75 Å². The molecule has 0 fully saturated rings. The fraction of sp³-hybridized carbons (Fsp3) is 0.200. The summed E-state index contributed by atoms with van der Waals surface area (Å²) in [7, 11) is 0. The molecule has 0 aliphatic rings. The number of nitrogens with two attached hydrogens (primary N) is 1. The molecule has 0 spiro atoms. The van der Waals surface area contributed by atoms with Crippen molar-refractivity contribution in [2.24, 2.45) is 5.73 Å². The van der Waals surface area contributed by atoms with Crippen molar-refractivity contribution in [3.63, 3.8) is 0 Å². The third-order valence-corrected chi connectivity index (χ3v) is 4.46. The second-order valence-electron chi connectivity index (χ2n) is 4.12. The monoisotopic (exact) mass is 431 g/mol. The number of hydrogen-bond donors (Lipinski definition) is 1. The van der Waals surface area contributed by atoms with Crippen LogP contribution in [0.2, 0.25) is 0 Å². The molecule has 2 rings (SSSR count). The van der Waals surface area contributed by atoms with Crippen molar-refractivity contribution in [2.45, 2.75) is 13.0 Å². The molecule has 2 N–H and O–H groups in total. The van der Waals surface area contributed by atoms with Crippen LogP contribution in [0.15, 0.2) is 46.9 Å². The summed E-state index contributed by atoms with van der Waals surface area (Å²) in [4.78, 5) is 0. The smallest absolute Gasteiger partial charge is 0.133 e. The van der Waals surface area contributed by atoms with E-state index in [2.05, 4.69) is 50.7 Å². The summed E-state index contributed by atoms with van der Waals surface area (Å²) >= 11 is 5.84. The largest absolute Gasteiger partial charge is 0.493 e. The summed E-state index contributed by atoms with van der Waals surface area (Å²) in [5.41, 5.74) is 8.55. The zero-order chi connectivity index (χ0) is 13.8. The van der Waals surface area contributed by atoms with Gasteiger partial charge >= 0.3 is 0 Å². The van der Waals surface area contributed by atoms with Crippen LogP contribution in [-0.4, -0.2) is 6.61 Å². The van der Waals surface area contributed by atoms with Crippen LogP contribution in [0.25, 0.3) is 0 Å². The lowest BCUT2D eigenvalue weighted by atomic mass is 10.00. The number of ether oxygens (including phenoxy) is 1. The summed E-state index contributed by atoms with van der Waals surface area (Å²) in [5.74, 6) is 0.848. The third-order valence-electron chi connectivity index (χ3n) is 2.86. The van der Waals surface area contributed by atoms with Crippen LogP contribution < -0.4 is 10.5 Å². The summed E-state index contributed by atoms with van der Waals surface area (Å²) in [6.45, 7) is 2.62. The van der Waals surface area contributed by atoms with Gasteiger partial charge in [-0.25, -0.2) is 0 Å². The first-order chi connectivity index (χ1) is 9.13. The molecule has 0 aromatic heterocycles. The number of benzene rings is 2. The second kappa shape index (κ2) is 6.72. The van der Waals surface area contributed by atoms with Crippen LogP contribution >= 0.6 is 38.5 Å². The molecule has 19 heavy (non-hydrogen) atoms. The lowest BCUT2D eigenvalue weighted by molar-refractivity contribution is 0.338. The van der Waals surface area contributed by atoms with Crippen molar-refractivity contribution < 1.29 is 4.74 Å². The van der Waals surface area contributed by atoms with Crippen molar-refractivity contribution in [2.75, 3.05) is 6.61 Å². The van der Waals surface area contributed by atoms with Crippen molar-refractivity contribution in [1.29, 1.82) is 0 Å². The predicted molar refractivity (Wildman–Crippen MR) is 90.5 cm³/mol. The van der Waals surface area contributed by atoms with Gasteiger partial charge in [0.1, 0.15) is 5.75 Å². The van der Waals surface area contributed by atoms with Gasteiger partial charge in [0, 0.05) is 3.57 Å². The quantitative estimate of drug-likeness (QED) is 0.723. The molecule has 0 saturated heterocycles. The van der Waals surface area contributed by atoms with Crippen LogP contribution in [0, 0.1) is 3.57 Å². The average molecular weight is 432 g/mol. The van der Waals surface area contributed by atoms with E-state index in [9.17, 15) is 0 Å². The molecule has 0 heterocycles. The van der Waals surface area contributed by atoms with Crippen molar-refractivity contribution >= 4 is 38.5 Å². The van der Waals surface area contributed by atoms with Crippen LogP contribution in [0.4, 0.5) is 0 Å². The third kappa shape index (κ3) is 3.49. The van der Waals surface area contributed by atoms with Gasteiger partial charge < -0.3 is 10.5 Å². The molecule has 2 aromatic carbocycles. The minimum atomic E-state index is -0.125. The normalized spacial score (nSPS) is 12.2. The maximum Gasteiger partial charge on any atom is 0.133 e. The van der Waals surface area contributed by atoms with E-state index in [1.54, 1.807) is 0 Å². The van der Waals surface area contributed by atoms with Gasteiger partial charge in [-0.15, -0.1) is 0 Å². The minimum absolute atomic E-state index is 0.125. The Kier molecular flexibility index (Phi) is 5.24. The Labute approximate surface area is 135 Å². The van der Waals surface area contributed by atoms with Gasteiger partial charge in [-0.05, 0) is 74.8 Å². The van der Waals surface area contributed by atoms with E-state index in [-0.39, 0.29) is 6.04 Å².